The van der Waals surface area contributed by atoms with Crippen molar-refractivity contribution in [2.45, 2.75) is 13.8 Å². The number of carbonyl (C=O) groups excluding carboxylic acids is 2. The predicted octanol–water partition coefficient (Wildman–Crippen LogP) is 2.39. The van der Waals surface area contributed by atoms with E-state index in [4.69, 9.17) is 13.2 Å². The molecule has 0 amide bonds. The Labute approximate surface area is 245 Å². The van der Waals surface area contributed by atoms with Gasteiger partial charge < -0.3 is 13.8 Å². The van der Waals surface area contributed by atoms with Crippen LogP contribution in [0.3, 0.4) is 0 Å². The van der Waals surface area contributed by atoms with Crippen LogP contribution in [0.15, 0.2) is 35.5 Å². The largest absolute Gasteiger partial charge is 0.367 e. The summed E-state index contributed by atoms with van der Waals surface area (Å²) >= 11 is 2.55. The predicted molar refractivity (Wildman–Crippen MR) is 81.9 cm³/mol. The van der Waals surface area contributed by atoms with Crippen molar-refractivity contribution in [3.05, 3.63) is 62.5 Å². The van der Waals surface area contributed by atoms with Gasteiger partial charge >= 0.3 is 118 Å². The van der Waals surface area contributed by atoms with Gasteiger partial charge in [0.15, 0.2) is 0 Å². The van der Waals surface area contributed by atoms with Gasteiger partial charge in [-0.15, -0.1) is 13.8 Å². The van der Waals surface area contributed by atoms with E-state index in [1.807, 2.05) is 18.2 Å². The molecule has 3 radical (unpaired) electrons. The molecule has 0 aromatic heterocycles. The van der Waals surface area contributed by atoms with Gasteiger partial charge in [-0.3, -0.25) is 5.41 Å². The molecular formula is C17H18O2W2Y3-6. The van der Waals surface area contributed by atoms with Crippen molar-refractivity contribution in [2.75, 3.05) is 0 Å². The zero-order valence-electron chi connectivity index (χ0n) is 13.9. The first-order chi connectivity index (χ1) is 9.65. The van der Waals surface area contributed by atoms with Crippen molar-refractivity contribution < 1.29 is 146 Å². The van der Waals surface area contributed by atoms with Crippen LogP contribution in [0.2, 0.25) is 0 Å². The minimum atomic E-state index is 0. The normalized spacial score (nSPS) is 8.92. The smallest absolute Gasteiger partial charge is 0 e. The van der Waals surface area contributed by atoms with Crippen LogP contribution in [-0.2, 0) is 146 Å². The molecule has 0 bridgehead atoms. The molecule has 125 valence electrons. The van der Waals surface area contributed by atoms with Crippen LogP contribution in [-0.4, -0.2) is 21.4 Å². The van der Waals surface area contributed by atoms with Gasteiger partial charge in [0.2, 0.25) is 0 Å². The van der Waals surface area contributed by atoms with E-state index in [1.54, 1.807) is 23.0 Å². The van der Waals surface area contributed by atoms with Crippen molar-refractivity contribution in [3.63, 3.8) is 0 Å². The molecule has 0 atom stereocenters. The molecule has 7 heteroatoms. The molecule has 0 N–H and O–H groups in total. The molecule has 0 saturated heterocycles. The van der Waals surface area contributed by atoms with E-state index in [-0.39, 0.29) is 109 Å². The van der Waals surface area contributed by atoms with Gasteiger partial charge in [0.25, 0.3) is 0 Å². The van der Waals surface area contributed by atoms with E-state index in [0.29, 0.717) is 5.57 Å². The molecule has 0 aliphatic rings. The number of rotatable bonds is 6. The first-order valence-electron chi connectivity index (χ1n) is 5.57. The third-order valence-corrected chi connectivity index (χ3v) is 2.47. The van der Waals surface area contributed by atoms with E-state index in [1.165, 1.54) is 56.9 Å². The van der Waals surface area contributed by atoms with E-state index in [0.717, 1.165) is 0 Å². The molecule has 0 spiro atoms. The summed E-state index contributed by atoms with van der Waals surface area (Å²) in [4.78, 5) is 19.5. The van der Waals surface area contributed by atoms with Crippen molar-refractivity contribution in [1.29, 1.82) is 0 Å². The Hall–Kier alpha value is 2.73. The van der Waals surface area contributed by atoms with E-state index in [9.17, 15) is 9.59 Å². The average Bonchev–Trinajstić information content (AvgIpc) is 2.41. The Balaban J connectivity index is -0.0000000488. The van der Waals surface area contributed by atoms with Gasteiger partial charge in [-0.2, -0.15) is 0 Å². The fraction of sp³-hybridized carbons (Fsp3) is 0.176. The molecule has 0 aromatic carbocycles. The fourth-order valence-corrected chi connectivity index (χ4v) is 1.12. The zero-order valence-corrected chi connectivity index (χ0v) is 28.3. The van der Waals surface area contributed by atoms with Crippen molar-refractivity contribution in [1.82, 2.24) is 0 Å². The molecule has 0 aliphatic heterocycles. The van der Waals surface area contributed by atoms with Crippen LogP contribution in [0.5, 0.6) is 0 Å². The Morgan fingerprint density at radius 1 is 1.08 bits per heavy atom. The van der Waals surface area contributed by atoms with E-state index in [2.05, 4.69) is 13.8 Å². The standard InChI is InChI=1S/2C6H4O.C5H10.2W.3Y/c2*1-3-4-6(2)5-7;1-5(2,3)4;;;;;/h2*1-4H;1-2H2,3-4H3;;;;;/q3*-2;;;;;/b6-4+;4-3-;;;;;;. The van der Waals surface area contributed by atoms with Gasteiger partial charge in [0, 0.05) is 98.1 Å². The summed E-state index contributed by atoms with van der Waals surface area (Å²) in [7, 11) is 0. The molecule has 0 rings (SSSR count). The summed E-state index contributed by atoms with van der Waals surface area (Å²) in [5.41, 5.74) is 0.657. The Bertz CT molecular complexity index is 408. The zero-order chi connectivity index (χ0) is 17.3. The van der Waals surface area contributed by atoms with Crippen LogP contribution < -0.4 is 0 Å². The van der Waals surface area contributed by atoms with Gasteiger partial charge in [0.05, 0.1) is 0 Å². The summed E-state index contributed by atoms with van der Waals surface area (Å²) in [5.74, 6) is 0. The second kappa shape index (κ2) is 30.5. The number of hydrogen-bond donors (Lipinski definition) is 0. The van der Waals surface area contributed by atoms with Crippen molar-refractivity contribution in [3.8, 4) is 0 Å². The quantitative estimate of drug-likeness (QED) is 0.234. The molecule has 0 aromatic rings. The van der Waals surface area contributed by atoms with Crippen LogP contribution >= 0.6 is 0 Å². The monoisotopic (exact) mass is 889 g/mol. The van der Waals surface area contributed by atoms with E-state index >= 15 is 0 Å². The van der Waals surface area contributed by atoms with Gasteiger partial charge in [0.1, 0.15) is 0 Å². The van der Waals surface area contributed by atoms with Crippen LogP contribution in [0, 0.1) is 32.4 Å². The van der Waals surface area contributed by atoms with Crippen molar-refractivity contribution in [2.24, 2.45) is 5.41 Å². The number of hydrogen-bond acceptors (Lipinski definition) is 2. The van der Waals surface area contributed by atoms with Crippen LogP contribution in [0.25, 0.3) is 0 Å². The first-order valence-corrected chi connectivity index (χ1v) is 8.96. The van der Waals surface area contributed by atoms with Gasteiger partial charge in [-0.05, 0) is 0 Å². The molecule has 0 fully saturated rings. The summed E-state index contributed by atoms with van der Waals surface area (Å²) in [6.45, 7) is 21.3. The Morgan fingerprint density at radius 3 is 1.67 bits per heavy atom. The molecule has 0 aliphatic carbocycles. The molecule has 0 heterocycles. The fourth-order valence-electron chi connectivity index (χ4n) is 0.378. The average molecular weight is 889 g/mol. The molecule has 2 nitrogen and oxygen atoms in total. The maximum atomic E-state index is 9.84. The summed E-state index contributed by atoms with van der Waals surface area (Å²) in [6.07, 6.45) is 9.33. The maximum Gasteiger partial charge on any atom is 0 e. The molecular weight excluding hydrogens is 871 g/mol. The van der Waals surface area contributed by atoms with Crippen LogP contribution in [0.4, 0.5) is 0 Å². The third kappa shape index (κ3) is 56.3. The van der Waals surface area contributed by atoms with Gasteiger partial charge in [-0.25, -0.2) is 0 Å². The Kier molecular flexibility index (Phi) is 52.3. The summed E-state index contributed by atoms with van der Waals surface area (Å²) in [5, 5.41) is 0. The minimum Gasteiger partial charge on any atom is -0.367 e. The summed E-state index contributed by atoms with van der Waals surface area (Å²) in [6, 6.07) is 0. The number of allylic oxidation sites excluding steroid dienone is 6. The summed E-state index contributed by atoms with van der Waals surface area (Å²) < 4.78 is 3.58. The molecule has 0 saturated carbocycles. The van der Waals surface area contributed by atoms with Crippen molar-refractivity contribution >= 4 is 21.4 Å². The SMILES string of the molecule is [CH-]=C([C-]=O)/C=C\[CH]=[W].[CH-]=C/C=C(/[C-]=O)[CH]=[W].[CH2-]C([CH2-])(C)C.[Y].[Y].[Y]. The van der Waals surface area contributed by atoms with Crippen LogP contribution in [0.1, 0.15) is 13.8 Å². The maximum absolute atomic E-state index is 9.84. The topological polar surface area (TPSA) is 34.1 Å². The Morgan fingerprint density at radius 2 is 1.50 bits per heavy atom. The molecule has 24 heavy (non-hydrogen) atoms. The van der Waals surface area contributed by atoms with Gasteiger partial charge in [-0.1, -0.05) is 0 Å². The molecule has 0 unspecified atom stereocenters. The minimum absolute atomic E-state index is 0. The second-order valence-corrected chi connectivity index (χ2v) is 6.08. The third-order valence-electron chi connectivity index (χ3n) is 0.993. The van der Waals surface area contributed by atoms with E-state index < -0.39 is 0 Å². The first kappa shape index (κ1) is 41.2. The second-order valence-electron chi connectivity index (χ2n) is 4.25.